The third kappa shape index (κ3) is 2.90. The molecule has 0 spiro atoms. The number of hydrogen-bond acceptors (Lipinski definition) is 1. The van der Waals surface area contributed by atoms with Crippen LogP contribution >= 0.6 is 0 Å². The lowest BCUT2D eigenvalue weighted by atomic mass is 10.1. The molecule has 2 heteroatoms. The Morgan fingerprint density at radius 2 is 1.53 bits per heavy atom. The third-order valence-electron chi connectivity index (χ3n) is 3.16. The van der Waals surface area contributed by atoms with Crippen LogP contribution in [-0.2, 0) is 0 Å². The van der Waals surface area contributed by atoms with E-state index in [0.29, 0.717) is 12.0 Å². The molecule has 0 radical (unpaired) electrons. The van der Waals surface area contributed by atoms with E-state index in [9.17, 15) is 0 Å². The van der Waals surface area contributed by atoms with Crippen molar-refractivity contribution in [2.75, 3.05) is 5.32 Å². The van der Waals surface area contributed by atoms with Crippen molar-refractivity contribution < 1.29 is 0 Å². The summed E-state index contributed by atoms with van der Waals surface area (Å²) in [7, 11) is 0. The topological polar surface area (TPSA) is 17.0 Å². The largest absolute Gasteiger partial charge is 0.382 e. The van der Waals surface area contributed by atoms with E-state index >= 15 is 0 Å². The number of aromatic nitrogens is 1. The van der Waals surface area contributed by atoms with E-state index in [0.717, 1.165) is 0 Å². The quantitative estimate of drug-likeness (QED) is 0.839. The molecule has 2 nitrogen and oxygen atoms in total. The second kappa shape index (κ2) is 5.09. The van der Waals surface area contributed by atoms with Gasteiger partial charge in [0.15, 0.2) is 0 Å². The van der Waals surface area contributed by atoms with Crippen molar-refractivity contribution in [2.45, 2.75) is 26.8 Å². The molecule has 1 atom stereocenters. The van der Waals surface area contributed by atoms with Crippen molar-refractivity contribution >= 4 is 5.69 Å². The van der Waals surface area contributed by atoms with Crippen LogP contribution in [0, 0.1) is 5.92 Å². The minimum Gasteiger partial charge on any atom is -0.382 e. The van der Waals surface area contributed by atoms with E-state index < -0.39 is 0 Å². The third-order valence-corrected chi connectivity index (χ3v) is 3.16. The molecule has 0 saturated heterocycles. The van der Waals surface area contributed by atoms with E-state index in [1.54, 1.807) is 0 Å². The molecule has 0 amide bonds. The van der Waals surface area contributed by atoms with E-state index in [-0.39, 0.29) is 0 Å². The minimum absolute atomic E-state index is 0.493. The van der Waals surface area contributed by atoms with E-state index in [4.69, 9.17) is 0 Å². The van der Waals surface area contributed by atoms with Crippen LogP contribution in [0.5, 0.6) is 0 Å². The highest BCUT2D eigenvalue weighted by atomic mass is 14.9. The molecule has 90 valence electrons. The van der Waals surface area contributed by atoms with Gasteiger partial charge in [-0.3, -0.25) is 0 Å². The maximum absolute atomic E-state index is 3.50. The number of nitrogens with one attached hydrogen (secondary N) is 1. The zero-order valence-electron chi connectivity index (χ0n) is 10.7. The zero-order valence-corrected chi connectivity index (χ0v) is 10.7. The molecule has 1 aromatic carbocycles. The predicted molar refractivity (Wildman–Crippen MR) is 73.7 cm³/mol. The molecule has 0 aliphatic carbocycles. The summed E-state index contributed by atoms with van der Waals surface area (Å²) >= 11 is 0. The average Bonchev–Trinajstić information content (AvgIpc) is 2.83. The zero-order chi connectivity index (χ0) is 12.3. The standard InChI is InChI=1S/C15H20N2/c1-12(2)13(3)16-14-6-8-15(9-7-14)17-10-4-5-11-17/h4-13,16H,1-3H3. The molecule has 1 N–H and O–H groups in total. The summed E-state index contributed by atoms with van der Waals surface area (Å²) in [5, 5.41) is 3.50. The molecule has 2 rings (SSSR count). The fraction of sp³-hybridized carbons (Fsp3) is 0.333. The lowest BCUT2D eigenvalue weighted by molar-refractivity contribution is 0.560. The molecule has 1 unspecified atom stereocenters. The molecule has 2 aromatic rings. The first-order chi connectivity index (χ1) is 8.16. The van der Waals surface area contributed by atoms with Crippen molar-refractivity contribution in [1.82, 2.24) is 4.57 Å². The van der Waals surface area contributed by atoms with E-state index in [2.05, 4.69) is 67.3 Å². The SMILES string of the molecule is CC(C)C(C)Nc1ccc(-n2cccc2)cc1. The van der Waals surface area contributed by atoms with Crippen LogP contribution < -0.4 is 5.32 Å². The monoisotopic (exact) mass is 228 g/mol. The smallest absolute Gasteiger partial charge is 0.0450 e. The summed E-state index contributed by atoms with van der Waals surface area (Å²) in [4.78, 5) is 0. The fourth-order valence-corrected chi connectivity index (χ4v) is 1.67. The Hall–Kier alpha value is -1.70. The first kappa shape index (κ1) is 11.8. The highest BCUT2D eigenvalue weighted by Crippen LogP contribution is 2.16. The van der Waals surface area contributed by atoms with Gasteiger partial charge in [-0.15, -0.1) is 0 Å². The van der Waals surface area contributed by atoms with Gasteiger partial charge in [-0.1, -0.05) is 13.8 Å². The minimum atomic E-state index is 0.493. The Morgan fingerprint density at radius 3 is 2.06 bits per heavy atom. The van der Waals surface area contributed by atoms with Crippen LogP contribution in [0.1, 0.15) is 20.8 Å². The predicted octanol–water partition coefficient (Wildman–Crippen LogP) is 3.93. The molecule has 1 aromatic heterocycles. The fourth-order valence-electron chi connectivity index (χ4n) is 1.67. The summed E-state index contributed by atoms with van der Waals surface area (Å²) in [5.74, 6) is 0.638. The van der Waals surface area contributed by atoms with E-state index in [1.807, 2.05) is 12.1 Å². The van der Waals surface area contributed by atoms with Gasteiger partial charge in [0, 0.05) is 29.8 Å². The lowest BCUT2D eigenvalue weighted by Crippen LogP contribution is -2.21. The van der Waals surface area contributed by atoms with Gasteiger partial charge in [0.2, 0.25) is 0 Å². The van der Waals surface area contributed by atoms with Gasteiger partial charge in [-0.25, -0.2) is 0 Å². The maximum Gasteiger partial charge on any atom is 0.0450 e. The van der Waals surface area contributed by atoms with Crippen molar-refractivity contribution in [1.29, 1.82) is 0 Å². The Labute approximate surface area is 103 Å². The van der Waals surface area contributed by atoms with E-state index in [1.165, 1.54) is 11.4 Å². The van der Waals surface area contributed by atoms with Crippen molar-refractivity contribution in [3.63, 3.8) is 0 Å². The summed E-state index contributed by atoms with van der Waals surface area (Å²) in [6.07, 6.45) is 4.11. The van der Waals surface area contributed by atoms with Gasteiger partial charge in [0.25, 0.3) is 0 Å². The van der Waals surface area contributed by atoms with Crippen LogP contribution in [-0.4, -0.2) is 10.6 Å². The Balaban J connectivity index is 2.08. The van der Waals surface area contributed by atoms with Crippen LogP contribution in [0.4, 0.5) is 5.69 Å². The Bertz CT molecular complexity index is 440. The number of nitrogens with zero attached hydrogens (tertiary/aromatic N) is 1. The molecular formula is C15H20N2. The molecule has 0 aliphatic rings. The van der Waals surface area contributed by atoms with Crippen molar-refractivity contribution in [2.24, 2.45) is 5.92 Å². The van der Waals surface area contributed by atoms with Gasteiger partial charge in [0.1, 0.15) is 0 Å². The lowest BCUT2D eigenvalue weighted by Gasteiger charge is -2.19. The maximum atomic E-state index is 3.50. The molecule has 17 heavy (non-hydrogen) atoms. The highest BCUT2D eigenvalue weighted by molar-refractivity contribution is 5.49. The van der Waals surface area contributed by atoms with Crippen LogP contribution in [0.25, 0.3) is 5.69 Å². The molecule has 0 bridgehead atoms. The van der Waals surface area contributed by atoms with Gasteiger partial charge in [-0.2, -0.15) is 0 Å². The van der Waals surface area contributed by atoms with Crippen molar-refractivity contribution in [3.05, 3.63) is 48.8 Å². The molecule has 0 aliphatic heterocycles. The number of benzene rings is 1. The van der Waals surface area contributed by atoms with Gasteiger partial charge >= 0.3 is 0 Å². The van der Waals surface area contributed by atoms with Crippen LogP contribution in [0.2, 0.25) is 0 Å². The highest BCUT2D eigenvalue weighted by Gasteiger charge is 2.06. The van der Waals surface area contributed by atoms with Gasteiger partial charge < -0.3 is 9.88 Å². The Kier molecular flexibility index (Phi) is 3.52. The molecule has 0 saturated carbocycles. The van der Waals surface area contributed by atoms with Crippen LogP contribution in [0.3, 0.4) is 0 Å². The molecule has 0 fully saturated rings. The first-order valence-corrected chi connectivity index (χ1v) is 6.17. The van der Waals surface area contributed by atoms with Gasteiger partial charge in [-0.05, 0) is 49.2 Å². The summed E-state index contributed by atoms with van der Waals surface area (Å²) in [6, 6.07) is 13.1. The first-order valence-electron chi connectivity index (χ1n) is 6.17. The molecule has 1 heterocycles. The number of rotatable bonds is 4. The summed E-state index contributed by atoms with van der Waals surface area (Å²) < 4.78 is 2.11. The summed E-state index contributed by atoms with van der Waals surface area (Å²) in [5.41, 5.74) is 2.37. The second-order valence-corrected chi connectivity index (χ2v) is 4.81. The molecular weight excluding hydrogens is 208 g/mol. The number of hydrogen-bond donors (Lipinski definition) is 1. The average molecular weight is 228 g/mol. The van der Waals surface area contributed by atoms with Gasteiger partial charge in [0.05, 0.1) is 0 Å². The number of anilines is 1. The Morgan fingerprint density at radius 1 is 0.941 bits per heavy atom. The normalized spacial score (nSPS) is 12.7. The van der Waals surface area contributed by atoms with Crippen LogP contribution in [0.15, 0.2) is 48.8 Å². The van der Waals surface area contributed by atoms with Crippen molar-refractivity contribution in [3.8, 4) is 5.69 Å². The summed E-state index contributed by atoms with van der Waals surface area (Å²) in [6.45, 7) is 6.67. The second-order valence-electron chi connectivity index (χ2n) is 4.81.